The first kappa shape index (κ1) is 42.7. The smallest absolute Gasteiger partial charge is 0.138 e. The van der Waals surface area contributed by atoms with Crippen molar-refractivity contribution >= 4 is 130 Å². The first-order chi connectivity index (χ1) is 22.6. The van der Waals surface area contributed by atoms with E-state index in [0.29, 0.717) is 24.8 Å². The summed E-state index contributed by atoms with van der Waals surface area (Å²) in [5.74, 6) is 2.65. The van der Waals surface area contributed by atoms with Crippen LogP contribution in [0.3, 0.4) is 0 Å². The third kappa shape index (κ3) is 10.7. The number of imidazole rings is 2. The Morgan fingerprint density at radius 3 is 1.36 bits per heavy atom. The molecular weight excluding hydrogens is 1090 g/mol. The SMILES string of the molecule is I.I.I.I.NC(=NCCN1CCOCC1)c1ccc2nc(-c3ccc(-c4nc5ccc(C(N)=NCCN6CCOCC6)cc5[nH]4)cc3)[nH]c2c1. The van der Waals surface area contributed by atoms with Crippen molar-refractivity contribution in [1.82, 2.24) is 29.7 Å². The third-order valence-corrected chi connectivity index (χ3v) is 8.59. The molecule has 0 bridgehead atoms. The molecule has 2 aliphatic rings. The molecule has 16 heteroatoms. The zero-order valence-electron chi connectivity index (χ0n) is 27.5. The monoisotopic (exact) mass is 1130 g/mol. The van der Waals surface area contributed by atoms with Gasteiger partial charge >= 0.3 is 0 Å². The molecule has 2 aliphatic heterocycles. The Kier molecular flexibility index (Phi) is 17.5. The number of halogens is 4. The van der Waals surface area contributed by atoms with E-state index >= 15 is 0 Å². The summed E-state index contributed by atoms with van der Waals surface area (Å²) in [6.07, 6.45) is 0. The molecule has 2 aromatic heterocycles. The largest absolute Gasteiger partial charge is 0.384 e. The molecule has 3 aromatic carbocycles. The van der Waals surface area contributed by atoms with Gasteiger partial charge in [0.05, 0.1) is 61.6 Å². The van der Waals surface area contributed by atoms with E-state index in [0.717, 1.165) is 122 Å². The predicted octanol–water partition coefficient (Wildman–Crippen LogP) is 5.32. The number of aromatic amines is 2. The van der Waals surface area contributed by atoms with Gasteiger partial charge in [-0.15, -0.1) is 95.9 Å². The molecule has 6 N–H and O–H groups in total. The van der Waals surface area contributed by atoms with Gasteiger partial charge in [-0.25, -0.2) is 9.97 Å². The standard InChI is InChI=1S/C34H40N10O2.4HI/c35-31(37-9-11-43-13-17-45-18-14-43)25-5-7-27-29(21-25)41-33(39-27)23-1-2-24(4-3-23)34-40-28-8-6-26(22-30(28)42-34)32(36)38-10-12-44-15-19-46-20-16-44;;;;/h1-8,21-22H,9-20H2,(H2,35,37)(H2,36,38)(H,39,41)(H,40,42);4*1H. The number of hydrogen-bond donors (Lipinski definition) is 4. The van der Waals surface area contributed by atoms with Crippen LogP contribution in [0.15, 0.2) is 70.6 Å². The molecule has 2 fully saturated rings. The minimum absolute atomic E-state index is 0. The lowest BCUT2D eigenvalue weighted by Gasteiger charge is -2.25. The van der Waals surface area contributed by atoms with Crippen LogP contribution >= 0.6 is 95.9 Å². The summed E-state index contributed by atoms with van der Waals surface area (Å²) < 4.78 is 10.8. The fraction of sp³-hybridized carbons (Fsp3) is 0.353. The Bertz CT molecular complexity index is 1730. The van der Waals surface area contributed by atoms with Gasteiger partial charge in [0.2, 0.25) is 0 Å². The number of aliphatic imine (C=N–C) groups is 2. The molecule has 0 atom stereocenters. The summed E-state index contributed by atoms with van der Waals surface area (Å²) >= 11 is 0. The van der Waals surface area contributed by atoms with Gasteiger partial charge in [-0.3, -0.25) is 19.8 Å². The lowest BCUT2D eigenvalue weighted by Crippen LogP contribution is -2.38. The maximum Gasteiger partial charge on any atom is 0.138 e. The molecule has 0 radical (unpaired) electrons. The van der Waals surface area contributed by atoms with E-state index in [2.05, 4.69) is 29.8 Å². The molecule has 0 spiro atoms. The number of aromatic nitrogens is 4. The highest BCUT2D eigenvalue weighted by Gasteiger charge is 2.13. The summed E-state index contributed by atoms with van der Waals surface area (Å²) in [6, 6.07) is 20.1. The van der Waals surface area contributed by atoms with E-state index < -0.39 is 0 Å². The van der Waals surface area contributed by atoms with Gasteiger partial charge in [0, 0.05) is 61.5 Å². The molecule has 0 amide bonds. The van der Waals surface area contributed by atoms with Gasteiger partial charge in [-0.1, -0.05) is 24.3 Å². The van der Waals surface area contributed by atoms with Crippen molar-refractivity contribution in [2.24, 2.45) is 21.5 Å². The number of amidine groups is 2. The third-order valence-electron chi connectivity index (χ3n) is 8.59. The average Bonchev–Trinajstić information content (AvgIpc) is 3.73. The van der Waals surface area contributed by atoms with Gasteiger partial charge in [0.15, 0.2) is 0 Å². The number of morpholine rings is 2. The molecular formula is C34H44I4N10O2. The minimum atomic E-state index is 0. The van der Waals surface area contributed by atoms with Crippen molar-refractivity contribution in [3.63, 3.8) is 0 Å². The van der Waals surface area contributed by atoms with Crippen molar-refractivity contribution < 1.29 is 9.47 Å². The van der Waals surface area contributed by atoms with E-state index in [-0.39, 0.29) is 95.9 Å². The Morgan fingerprint density at radius 2 is 0.980 bits per heavy atom. The second kappa shape index (κ2) is 20.5. The van der Waals surface area contributed by atoms with Crippen LogP contribution in [0.4, 0.5) is 0 Å². The lowest BCUT2D eigenvalue weighted by atomic mass is 10.1. The minimum Gasteiger partial charge on any atom is -0.384 e. The normalized spacial score (nSPS) is 15.9. The summed E-state index contributed by atoms with van der Waals surface area (Å²) in [5, 5.41) is 0. The fourth-order valence-electron chi connectivity index (χ4n) is 5.85. The average molecular weight is 1130 g/mol. The quantitative estimate of drug-likeness (QED) is 0.0832. The molecule has 4 heterocycles. The maximum absolute atomic E-state index is 6.33. The van der Waals surface area contributed by atoms with Gasteiger partial charge < -0.3 is 30.9 Å². The first-order valence-electron chi connectivity index (χ1n) is 15.9. The maximum atomic E-state index is 6.33. The van der Waals surface area contributed by atoms with Crippen LogP contribution in [0.5, 0.6) is 0 Å². The molecule has 7 rings (SSSR count). The molecule has 2 saturated heterocycles. The van der Waals surface area contributed by atoms with Crippen molar-refractivity contribution in [1.29, 1.82) is 0 Å². The van der Waals surface area contributed by atoms with Crippen LogP contribution in [-0.2, 0) is 9.47 Å². The molecule has 12 nitrogen and oxygen atoms in total. The van der Waals surface area contributed by atoms with E-state index in [1.54, 1.807) is 0 Å². The van der Waals surface area contributed by atoms with Gasteiger partial charge in [-0.2, -0.15) is 0 Å². The van der Waals surface area contributed by atoms with Crippen LogP contribution in [0.25, 0.3) is 44.8 Å². The number of nitrogens with one attached hydrogen (secondary N) is 2. The van der Waals surface area contributed by atoms with E-state index in [1.165, 1.54) is 0 Å². The van der Waals surface area contributed by atoms with Crippen LogP contribution in [0, 0.1) is 0 Å². The van der Waals surface area contributed by atoms with Crippen molar-refractivity contribution in [3.8, 4) is 22.8 Å². The van der Waals surface area contributed by atoms with E-state index in [9.17, 15) is 0 Å². The Labute approximate surface area is 360 Å². The number of benzene rings is 3. The van der Waals surface area contributed by atoms with Gasteiger partial charge in [0.25, 0.3) is 0 Å². The highest BCUT2D eigenvalue weighted by Crippen LogP contribution is 2.26. The number of ether oxygens (including phenoxy) is 2. The molecule has 50 heavy (non-hydrogen) atoms. The summed E-state index contributed by atoms with van der Waals surface area (Å²) in [7, 11) is 0. The predicted molar refractivity (Wildman–Crippen MR) is 244 cm³/mol. The van der Waals surface area contributed by atoms with Gasteiger partial charge in [-0.05, 0) is 36.4 Å². The number of nitrogens with two attached hydrogens (primary N) is 2. The summed E-state index contributed by atoms with van der Waals surface area (Å²) in [5.41, 5.74) is 20.0. The Morgan fingerprint density at radius 1 is 0.600 bits per heavy atom. The Hall–Kier alpha value is -1.70. The topological polar surface area (TPSA) is 159 Å². The molecule has 270 valence electrons. The Balaban J connectivity index is 0.00000169. The highest BCUT2D eigenvalue weighted by molar-refractivity contribution is 14.0. The lowest BCUT2D eigenvalue weighted by molar-refractivity contribution is 0.0394. The van der Waals surface area contributed by atoms with Crippen LogP contribution in [-0.4, -0.2) is 120 Å². The number of H-pyrrole nitrogens is 2. The molecule has 5 aromatic rings. The van der Waals surface area contributed by atoms with E-state index in [4.69, 9.17) is 30.9 Å². The summed E-state index contributed by atoms with van der Waals surface area (Å²) in [4.78, 5) is 30.4. The second-order valence-corrected chi connectivity index (χ2v) is 11.7. The van der Waals surface area contributed by atoms with Crippen molar-refractivity contribution in [2.45, 2.75) is 0 Å². The zero-order valence-corrected chi connectivity index (χ0v) is 36.9. The number of nitrogens with zero attached hydrogens (tertiary/aromatic N) is 6. The van der Waals surface area contributed by atoms with Gasteiger partial charge in [0.1, 0.15) is 23.3 Å². The molecule has 0 saturated carbocycles. The number of rotatable bonds is 10. The van der Waals surface area contributed by atoms with E-state index in [1.807, 2.05) is 60.7 Å². The second-order valence-electron chi connectivity index (χ2n) is 11.7. The van der Waals surface area contributed by atoms with Crippen LogP contribution < -0.4 is 11.5 Å². The fourth-order valence-corrected chi connectivity index (χ4v) is 5.85. The molecule has 0 aliphatic carbocycles. The number of fused-ring (bicyclic) bond motifs is 2. The van der Waals surface area contributed by atoms with Crippen molar-refractivity contribution in [2.75, 3.05) is 78.8 Å². The number of hydrogen-bond acceptors (Lipinski definition) is 8. The molecule has 0 unspecified atom stereocenters. The summed E-state index contributed by atoms with van der Waals surface area (Å²) in [6.45, 7) is 9.99. The van der Waals surface area contributed by atoms with Crippen molar-refractivity contribution in [3.05, 3.63) is 71.8 Å². The zero-order chi connectivity index (χ0) is 31.3. The highest BCUT2D eigenvalue weighted by atomic mass is 127. The first-order valence-corrected chi connectivity index (χ1v) is 15.9. The van der Waals surface area contributed by atoms with Crippen LogP contribution in [0.1, 0.15) is 11.1 Å². The van der Waals surface area contributed by atoms with Crippen LogP contribution in [0.2, 0.25) is 0 Å².